The first-order chi connectivity index (χ1) is 8.58. The Bertz CT molecular complexity index is 455. The zero-order valence-electron chi connectivity index (χ0n) is 10.3. The summed E-state index contributed by atoms with van der Waals surface area (Å²) in [4.78, 5) is 26.7. The second-order valence-electron chi connectivity index (χ2n) is 4.77. The number of carboxylic acids is 1. The van der Waals surface area contributed by atoms with Crippen molar-refractivity contribution < 1.29 is 14.7 Å². The maximum Gasteiger partial charge on any atom is 0.306 e. The third kappa shape index (κ3) is 2.69. The molecule has 6 heteroatoms. The number of imidazole rings is 1. The van der Waals surface area contributed by atoms with E-state index in [2.05, 4.69) is 10.3 Å². The van der Waals surface area contributed by atoms with Gasteiger partial charge >= 0.3 is 5.97 Å². The van der Waals surface area contributed by atoms with Crippen LogP contribution in [0.1, 0.15) is 29.8 Å². The van der Waals surface area contributed by atoms with Crippen LogP contribution in [0.25, 0.3) is 0 Å². The van der Waals surface area contributed by atoms with E-state index in [4.69, 9.17) is 5.11 Å². The number of carbonyl (C=O) groups excluding carboxylic acids is 1. The Morgan fingerprint density at radius 3 is 2.94 bits per heavy atom. The van der Waals surface area contributed by atoms with Crippen LogP contribution in [0.4, 0.5) is 0 Å². The summed E-state index contributed by atoms with van der Waals surface area (Å²) in [5.41, 5.74) is 0.363. The van der Waals surface area contributed by atoms with E-state index in [1.807, 2.05) is 0 Å². The third-order valence-electron chi connectivity index (χ3n) is 3.44. The molecule has 1 heterocycles. The summed E-state index contributed by atoms with van der Waals surface area (Å²) in [6.07, 6.45) is 5.68. The van der Waals surface area contributed by atoms with E-state index < -0.39 is 5.97 Å². The summed E-state index contributed by atoms with van der Waals surface area (Å²) in [6, 6.07) is 0. The fourth-order valence-electron chi connectivity index (χ4n) is 2.45. The lowest BCUT2D eigenvalue weighted by atomic mass is 9.96. The Labute approximate surface area is 105 Å². The zero-order valence-corrected chi connectivity index (χ0v) is 10.3. The van der Waals surface area contributed by atoms with Gasteiger partial charge in [0, 0.05) is 19.8 Å². The molecule has 2 unspecified atom stereocenters. The van der Waals surface area contributed by atoms with Gasteiger partial charge in [0.2, 0.25) is 0 Å². The van der Waals surface area contributed by atoms with E-state index in [1.165, 1.54) is 0 Å². The van der Waals surface area contributed by atoms with Gasteiger partial charge in [0.15, 0.2) is 0 Å². The van der Waals surface area contributed by atoms with E-state index in [-0.39, 0.29) is 17.7 Å². The average Bonchev–Trinajstić information content (AvgIpc) is 2.94. The first-order valence-electron chi connectivity index (χ1n) is 6.07. The number of aliphatic carboxylic acids is 1. The Kier molecular flexibility index (Phi) is 3.64. The van der Waals surface area contributed by atoms with Crippen molar-refractivity contribution in [1.29, 1.82) is 0 Å². The van der Waals surface area contributed by atoms with Crippen molar-refractivity contribution in [1.82, 2.24) is 14.9 Å². The minimum absolute atomic E-state index is 0.0372. The molecule has 2 atom stereocenters. The molecule has 1 aliphatic rings. The second-order valence-corrected chi connectivity index (χ2v) is 4.77. The maximum atomic E-state index is 11.8. The van der Waals surface area contributed by atoms with Crippen LogP contribution in [-0.2, 0) is 11.8 Å². The minimum atomic E-state index is -0.760. The van der Waals surface area contributed by atoms with Crippen molar-refractivity contribution in [3.05, 3.63) is 18.2 Å². The predicted octanol–water partition coefficient (Wildman–Crippen LogP) is 0.651. The summed E-state index contributed by atoms with van der Waals surface area (Å²) in [5.74, 6) is -1.29. The molecule has 0 saturated heterocycles. The van der Waals surface area contributed by atoms with E-state index in [9.17, 15) is 9.59 Å². The monoisotopic (exact) mass is 251 g/mol. The van der Waals surface area contributed by atoms with Gasteiger partial charge in [0.1, 0.15) is 5.69 Å². The second kappa shape index (κ2) is 5.20. The number of nitrogens with one attached hydrogen (secondary N) is 1. The fraction of sp³-hybridized carbons (Fsp3) is 0.583. The molecule has 2 N–H and O–H groups in total. The van der Waals surface area contributed by atoms with Gasteiger partial charge < -0.3 is 15.0 Å². The number of rotatable bonds is 4. The molecule has 1 aromatic heterocycles. The molecule has 1 aliphatic carbocycles. The number of hydrogen-bond acceptors (Lipinski definition) is 3. The molecule has 0 radical (unpaired) electrons. The highest BCUT2D eigenvalue weighted by molar-refractivity contribution is 5.92. The third-order valence-corrected chi connectivity index (χ3v) is 3.44. The largest absolute Gasteiger partial charge is 0.481 e. The smallest absolute Gasteiger partial charge is 0.306 e. The minimum Gasteiger partial charge on any atom is -0.481 e. The van der Waals surface area contributed by atoms with Gasteiger partial charge in [-0.15, -0.1) is 0 Å². The molecule has 0 bridgehead atoms. The number of hydrogen-bond donors (Lipinski definition) is 2. The van der Waals surface area contributed by atoms with Gasteiger partial charge in [-0.25, -0.2) is 4.98 Å². The molecule has 2 rings (SSSR count). The van der Waals surface area contributed by atoms with Gasteiger partial charge in [0.05, 0.1) is 12.2 Å². The van der Waals surface area contributed by atoms with Gasteiger partial charge in [-0.05, 0) is 18.8 Å². The highest BCUT2D eigenvalue weighted by Crippen LogP contribution is 2.31. The lowest BCUT2D eigenvalue weighted by molar-refractivity contribution is -0.142. The van der Waals surface area contributed by atoms with Crippen LogP contribution in [0.15, 0.2) is 12.5 Å². The molecule has 0 spiro atoms. The van der Waals surface area contributed by atoms with Crippen molar-refractivity contribution in [3.8, 4) is 0 Å². The van der Waals surface area contributed by atoms with E-state index >= 15 is 0 Å². The van der Waals surface area contributed by atoms with Gasteiger partial charge in [0.25, 0.3) is 5.91 Å². The predicted molar refractivity (Wildman–Crippen MR) is 64.0 cm³/mol. The lowest BCUT2D eigenvalue weighted by Gasteiger charge is -2.15. The molecular weight excluding hydrogens is 234 g/mol. The summed E-state index contributed by atoms with van der Waals surface area (Å²) in [5, 5.41) is 11.8. The van der Waals surface area contributed by atoms with Crippen LogP contribution >= 0.6 is 0 Å². The number of amides is 1. The van der Waals surface area contributed by atoms with Crippen LogP contribution in [-0.4, -0.2) is 33.1 Å². The van der Waals surface area contributed by atoms with Crippen LogP contribution < -0.4 is 5.32 Å². The Morgan fingerprint density at radius 2 is 2.33 bits per heavy atom. The normalized spacial score (nSPS) is 22.9. The maximum absolute atomic E-state index is 11.8. The first kappa shape index (κ1) is 12.6. The number of aryl methyl sites for hydroxylation is 1. The van der Waals surface area contributed by atoms with Crippen molar-refractivity contribution in [2.75, 3.05) is 6.54 Å². The van der Waals surface area contributed by atoms with Gasteiger partial charge in [-0.3, -0.25) is 9.59 Å². The molecule has 1 fully saturated rings. The standard InChI is InChI=1S/C12H17N3O3/c1-15-6-10(14-7-15)11(16)13-5-8-3-2-4-9(8)12(17)18/h6-9H,2-5H2,1H3,(H,13,16)(H,17,18). The van der Waals surface area contributed by atoms with E-state index in [0.29, 0.717) is 18.7 Å². The molecule has 18 heavy (non-hydrogen) atoms. The molecule has 0 aromatic carbocycles. The van der Waals surface area contributed by atoms with E-state index in [1.54, 1.807) is 24.1 Å². The van der Waals surface area contributed by atoms with Gasteiger partial charge in [-0.2, -0.15) is 0 Å². The molecule has 1 aromatic rings. The SMILES string of the molecule is Cn1cnc(C(=O)NCC2CCCC2C(=O)O)c1. The van der Waals surface area contributed by atoms with Crippen LogP contribution in [0.2, 0.25) is 0 Å². The Morgan fingerprint density at radius 1 is 1.56 bits per heavy atom. The quantitative estimate of drug-likeness (QED) is 0.823. The Hall–Kier alpha value is -1.85. The molecule has 1 amide bonds. The van der Waals surface area contributed by atoms with Crippen LogP contribution in [0, 0.1) is 11.8 Å². The first-order valence-corrected chi connectivity index (χ1v) is 6.07. The Balaban J connectivity index is 1.88. The highest BCUT2D eigenvalue weighted by Gasteiger charge is 2.32. The van der Waals surface area contributed by atoms with Crippen LogP contribution in [0.5, 0.6) is 0 Å². The van der Waals surface area contributed by atoms with Crippen LogP contribution in [0.3, 0.4) is 0 Å². The topological polar surface area (TPSA) is 84.2 Å². The lowest BCUT2D eigenvalue weighted by Crippen LogP contribution is -2.33. The molecule has 98 valence electrons. The number of aromatic nitrogens is 2. The molecule has 1 saturated carbocycles. The summed E-state index contributed by atoms with van der Waals surface area (Å²) < 4.78 is 1.70. The summed E-state index contributed by atoms with van der Waals surface area (Å²) in [6.45, 7) is 0.409. The van der Waals surface area contributed by atoms with E-state index in [0.717, 1.165) is 12.8 Å². The highest BCUT2D eigenvalue weighted by atomic mass is 16.4. The molecule has 6 nitrogen and oxygen atoms in total. The zero-order chi connectivity index (χ0) is 13.1. The molecule has 0 aliphatic heterocycles. The summed E-state index contributed by atoms with van der Waals surface area (Å²) >= 11 is 0. The average molecular weight is 251 g/mol. The van der Waals surface area contributed by atoms with Crippen molar-refractivity contribution in [2.45, 2.75) is 19.3 Å². The molecular formula is C12H17N3O3. The van der Waals surface area contributed by atoms with Crippen molar-refractivity contribution >= 4 is 11.9 Å². The van der Waals surface area contributed by atoms with Crippen molar-refractivity contribution in [3.63, 3.8) is 0 Å². The number of nitrogens with zero attached hydrogens (tertiary/aromatic N) is 2. The number of carboxylic acid groups (broad SMARTS) is 1. The van der Waals surface area contributed by atoms with Crippen molar-refractivity contribution in [2.24, 2.45) is 18.9 Å². The number of carbonyl (C=O) groups is 2. The fourth-order valence-corrected chi connectivity index (χ4v) is 2.45. The summed E-state index contributed by atoms with van der Waals surface area (Å²) in [7, 11) is 1.79. The van der Waals surface area contributed by atoms with Gasteiger partial charge in [-0.1, -0.05) is 6.42 Å².